The van der Waals surface area contributed by atoms with Crippen molar-refractivity contribution < 1.29 is 29.2 Å². The Morgan fingerprint density at radius 2 is 1.81 bits per heavy atom. The molecule has 3 N–H and O–H groups in total. The first kappa shape index (κ1) is 30.8. The molecule has 0 radical (unpaired) electrons. The van der Waals surface area contributed by atoms with Gasteiger partial charge in [-0.25, -0.2) is 9.18 Å². The molecule has 2 aromatic carbocycles. The van der Waals surface area contributed by atoms with Crippen molar-refractivity contribution in [3.05, 3.63) is 110 Å². The minimum absolute atomic E-state index is 0.0154. The molecule has 0 unspecified atom stereocenters. The van der Waals surface area contributed by atoms with Gasteiger partial charge in [-0.2, -0.15) is 0 Å². The molecule has 0 aliphatic carbocycles. The monoisotopic (exact) mass is 588 g/mol. The van der Waals surface area contributed by atoms with E-state index in [1.807, 2.05) is 19.9 Å². The van der Waals surface area contributed by atoms with Crippen molar-refractivity contribution in [2.45, 2.75) is 53.3 Å². The number of aromatic nitrogens is 4. The Morgan fingerprint density at radius 3 is 2.51 bits per heavy atom. The molecule has 10 nitrogen and oxygen atoms in total. The number of benzene rings is 2. The number of ether oxygens (including phenoxy) is 1. The molecule has 0 fully saturated rings. The van der Waals surface area contributed by atoms with Gasteiger partial charge >= 0.3 is 5.97 Å². The van der Waals surface area contributed by atoms with Crippen LogP contribution in [-0.2, 0) is 26.1 Å². The molecule has 0 aliphatic heterocycles. The van der Waals surface area contributed by atoms with Gasteiger partial charge in [-0.1, -0.05) is 41.1 Å². The Kier molecular flexibility index (Phi) is 9.76. The van der Waals surface area contributed by atoms with E-state index >= 15 is 0 Å². The Hall–Kier alpha value is -5.19. The molecule has 0 saturated carbocycles. The van der Waals surface area contributed by atoms with Crippen LogP contribution in [0, 0.1) is 12.7 Å². The molecule has 0 bridgehead atoms. The Balaban J connectivity index is 1.53. The number of rotatable bonds is 12. The quantitative estimate of drug-likeness (QED) is 0.149. The van der Waals surface area contributed by atoms with Gasteiger partial charge in [-0.15, -0.1) is 5.10 Å². The molecular formula is C32H33FN4O6. The summed E-state index contributed by atoms with van der Waals surface area (Å²) in [6, 6.07) is 8.66. The second kappa shape index (κ2) is 13.6. The number of phenols is 1. The molecule has 2 aromatic heterocycles. The van der Waals surface area contributed by atoms with Crippen LogP contribution < -0.4 is 10.2 Å². The maximum atomic E-state index is 13.3. The van der Waals surface area contributed by atoms with E-state index in [9.17, 15) is 29.3 Å². The summed E-state index contributed by atoms with van der Waals surface area (Å²) in [7, 11) is 0. The van der Waals surface area contributed by atoms with Crippen LogP contribution in [0.2, 0.25) is 0 Å². The number of carboxylic acid groups (broad SMARTS) is 1. The zero-order chi connectivity index (χ0) is 31.1. The van der Waals surface area contributed by atoms with Gasteiger partial charge in [0, 0.05) is 30.4 Å². The Labute approximate surface area is 247 Å². The van der Waals surface area contributed by atoms with Crippen molar-refractivity contribution in [2.24, 2.45) is 0 Å². The number of aromatic carboxylic acids is 1. The second-order valence-electron chi connectivity index (χ2n) is 10.3. The lowest BCUT2D eigenvalue weighted by Gasteiger charge is -2.16. The highest BCUT2D eigenvalue weighted by Gasteiger charge is 2.22. The average molecular weight is 589 g/mol. The predicted octanol–water partition coefficient (Wildman–Crippen LogP) is 5.35. The number of allylic oxidation sites excluding steroid dienone is 2. The van der Waals surface area contributed by atoms with Gasteiger partial charge in [0.25, 0.3) is 0 Å². The molecule has 11 heteroatoms. The van der Waals surface area contributed by atoms with E-state index in [0.29, 0.717) is 42.1 Å². The van der Waals surface area contributed by atoms with Gasteiger partial charge in [0.15, 0.2) is 5.75 Å². The summed E-state index contributed by atoms with van der Waals surface area (Å²) in [5.74, 6) is -2.08. The molecule has 0 atom stereocenters. The highest BCUT2D eigenvalue weighted by atomic mass is 19.1. The Morgan fingerprint density at radius 1 is 1.07 bits per heavy atom. The maximum Gasteiger partial charge on any atom is 0.340 e. The second-order valence-corrected chi connectivity index (χ2v) is 10.3. The van der Waals surface area contributed by atoms with E-state index in [1.165, 1.54) is 30.5 Å². The van der Waals surface area contributed by atoms with Gasteiger partial charge in [0.1, 0.15) is 35.2 Å². The number of halogens is 1. The van der Waals surface area contributed by atoms with Crippen LogP contribution >= 0.6 is 0 Å². The lowest BCUT2D eigenvalue weighted by Crippen LogP contribution is -2.11. The molecule has 224 valence electrons. The standard InChI is InChI=1S/C32H33FN4O6/c1-20(2)5-12-26-29(16-23(30(31(26)40)32(41)42)9-6-22-7-10-24(33)11-8-22)43-19-25-17-37(35-34-25)14-4-13-36-18-28(39)27(38)15-21(36)3/h5-11,15-18,39-40H,4,12-14,19H2,1-3H3,(H,41,42)/b9-6+. The fourth-order valence-corrected chi connectivity index (χ4v) is 4.42. The zero-order valence-electron chi connectivity index (χ0n) is 24.1. The number of hydrogen-bond acceptors (Lipinski definition) is 7. The van der Waals surface area contributed by atoms with E-state index in [2.05, 4.69) is 10.3 Å². The zero-order valence-corrected chi connectivity index (χ0v) is 24.1. The summed E-state index contributed by atoms with van der Waals surface area (Å²) in [6.45, 7) is 6.69. The van der Waals surface area contributed by atoms with Gasteiger partial charge in [-0.05, 0) is 62.9 Å². The van der Waals surface area contributed by atoms with Gasteiger partial charge in [0.05, 0.1) is 12.4 Å². The van der Waals surface area contributed by atoms with Crippen molar-refractivity contribution in [1.82, 2.24) is 19.6 Å². The molecule has 2 heterocycles. The van der Waals surface area contributed by atoms with E-state index in [-0.39, 0.29) is 35.7 Å². The van der Waals surface area contributed by atoms with Crippen molar-refractivity contribution in [3.8, 4) is 17.2 Å². The summed E-state index contributed by atoms with van der Waals surface area (Å²) < 4.78 is 22.8. The van der Waals surface area contributed by atoms with Gasteiger partial charge in [-0.3, -0.25) is 9.48 Å². The SMILES string of the molecule is CC(C)=CCc1c(OCc2cn(CCCn3cc(O)c(=O)cc3C)nn2)cc(/C=C/c2ccc(F)cc2)c(C(=O)O)c1O. The highest BCUT2D eigenvalue weighted by Crippen LogP contribution is 2.37. The van der Waals surface area contributed by atoms with Crippen molar-refractivity contribution in [3.63, 3.8) is 0 Å². The minimum Gasteiger partial charge on any atom is -0.507 e. The van der Waals surface area contributed by atoms with E-state index in [1.54, 1.807) is 46.6 Å². The van der Waals surface area contributed by atoms with E-state index in [4.69, 9.17) is 4.74 Å². The largest absolute Gasteiger partial charge is 0.507 e. The summed E-state index contributed by atoms with van der Waals surface area (Å²) in [6.07, 6.45) is 9.08. The molecule has 0 spiro atoms. The summed E-state index contributed by atoms with van der Waals surface area (Å²) in [5, 5.41) is 39.0. The first-order valence-corrected chi connectivity index (χ1v) is 13.6. The van der Waals surface area contributed by atoms with Crippen LogP contribution in [0.4, 0.5) is 4.39 Å². The smallest absolute Gasteiger partial charge is 0.340 e. The third-order valence-corrected chi connectivity index (χ3v) is 6.72. The fourth-order valence-electron chi connectivity index (χ4n) is 4.42. The third kappa shape index (κ3) is 7.97. The number of hydrogen-bond donors (Lipinski definition) is 3. The number of carboxylic acids is 1. The lowest BCUT2D eigenvalue weighted by atomic mass is 9.97. The van der Waals surface area contributed by atoms with Crippen LogP contribution in [-0.4, -0.2) is 40.8 Å². The highest BCUT2D eigenvalue weighted by molar-refractivity contribution is 5.97. The van der Waals surface area contributed by atoms with Crippen LogP contribution in [0.3, 0.4) is 0 Å². The molecule has 0 saturated heterocycles. The molecule has 4 rings (SSSR count). The van der Waals surface area contributed by atoms with E-state index in [0.717, 1.165) is 11.3 Å². The maximum absolute atomic E-state index is 13.3. The summed E-state index contributed by atoms with van der Waals surface area (Å²) in [5.41, 5.74) is 2.76. The first-order chi connectivity index (χ1) is 20.5. The lowest BCUT2D eigenvalue weighted by molar-refractivity contribution is 0.0693. The minimum atomic E-state index is -1.29. The number of carbonyl (C=O) groups is 1. The predicted molar refractivity (Wildman–Crippen MR) is 160 cm³/mol. The van der Waals surface area contributed by atoms with Crippen LogP contribution in [0.5, 0.6) is 17.2 Å². The number of aromatic hydroxyl groups is 2. The topological polar surface area (TPSA) is 140 Å². The molecule has 0 amide bonds. The molecule has 4 aromatic rings. The molecular weight excluding hydrogens is 555 g/mol. The number of pyridine rings is 1. The van der Waals surface area contributed by atoms with Crippen LogP contribution in [0.1, 0.15) is 58.7 Å². The normalized spacial score (nSPS) is 11.2. The van der Waals surface area contributed by atoms with Crippen LogP contribution in [0.25, 0.3) is 12.2 Å². The molecule has 43 heavy (non-hydrogen) atoms. The summed E-state index contributed by atoms with van der Waals surface area (Å²) >= 11 is 0. The third-order valence-electron chi connectivity index (χ3n) is 6.72. The number of aryl methyl sites for hydroxylation is 3. The number of nitrogens with zero attached hydrogens (tertiary/aromatic N) is 4. The first-order valence-electron chi connectivity index (χ1n) is 13.6. The van der Waals surface area contributed by atoms with E-state index < -0.39 is 17.1 Å². The fraction of sp³-hybridized carbons (Fsp3) is 0.250. The average Bonchev–Trinajstić information content (AvgIpc) is 3.41. The van der Waals surface area contributed by atoms with Gasteiger partial charge in [0.2, 0.25) is 5.43 Å². The van der Waals surface area contributed by atoms with Crippen molar-refractivity contribution in [2.75, 3.05) is 0 Å². The van der Waals surface area contributed by atoms with Gasteiger partial charge < -0.3 is 24.6 Å². The van der Waals surface area contributed by atoms with Crippen molar-refractivity contribution in [1.29, 1.82) is 0 Å². The summed E-state index contributed by atoms with van der Waals surface area (Å²) in [4.78, 5) is 23.7. The molecule has 0 aliphatic rings. The van der Waals surface area contributed by atoms with Crippen molar-refractivity contribution >= 4 is 18.1 Å². The van der Waals surface area contributed by atoms with Crippen LogP contribution in [0.15, 0.2) is 65.2 Å². The Bertz CT molecular complexity index is 1730.